The molecule has 2 aromatic carbocycles. The SMILES string of the molecule is Cc1ccc(Cc2nnc(NC(=O)c3ccc(C)c(C)c3)o2)c(C)c1. The second-order valence-electron chi connectivity index (χ2n) is 6.36. The van der Waals surface area contributed by atoms with E-state index in [1.165, 1.54) is 11.1 Å². The van der Waals surface area contributed by atoms with E-state index in [-0.39, 0.29) is 11.9 Å². The van der Waals surface area contributed by atoms with E-state index in [2.05, 4.69) is 47.6 Å². The lowest BCUT2D eigenvalue weighted by Gasteiger charge is -2.05. The van der Waals surface area contributed by atoms with E-state index >= 15 is 0 Å². The summed E-state index contributed by atoms with van der Waals surface area (Å²) in [5.74, 6) is 0.215. The van der Waals surface area contributed by atoms with Crippen LogP contribution in [0.3, 0.4) is 0 Å². The Morgan fingerprint density at radius 1 is 0.960 bits per heavy atom. The van der Waals surface area contributed by atoms with Crippen molar-refractivity contribution in [3.8, 4) is 0 Å². The third-order valence-corrected chi connectivity index (χ3v) is 4.30. The summed E-state index contributed by atoms with van der Waals surface area (Å²) in [5.41, 5.74) is 6.30. The highest BCUT2D eigenvalue weighted by molar-refractivity contribution is 6.03. The van der Waals surface area contributed by atoms with Crippen molar-refractivity contribution in [2.75, 3.05) is 5.32 Å². The topological polar surface area (TPSA) is 68.0 Å². The summed E-state index contributed by atoms with van der Waals surface area (Å²) in [4.78, 5) is 12.3. The first-order chi connectivity index (χ1) is 11.9. The number of amides is 1. The number of rotatable bonds is 4. The Bertz CT molecular complexity index is 928. The van der Waals surface area contributed by atoms with E-state index < -0.39 is 0 Å². The lowest BCUT2D eigenvalue weighted by Crippen LogP contribution is -2.12. The van der Waals surface area contributed by atoms with Gasteiger partial charge in [0.15, 0.2) is 0 Å². The van der Waals surface area contributed by atoms with Crippen molar-refractivity contribution in [2.24, 2.45) is 0 Å². The molecule has 0 aliphatic rings. The van der Waals surface area contributed by atoms with Gasteiger partial charge in [0.25, 0.3) is 5.91 Å². The molecule has 0 radical (unpaired) electrons. The van der Waals surface area contributed by atoms with Crippen molar-refractivity contribution in [3.63, 3.8) is 0 Å². The molecular formula is C20H21N3O2. The molecule has 1 heterocycles. The monoisotopic (exact) mass is 335 g/mol. The van der Waals surface area contributed by atoms with E-state index in [0.29, 0.717) is 17.9 Å². The van der Waals surface area contributed by atoms with Gasteiger partial charge in [-0.15, -0.1) is 5.10 Å². The minimum absolute atomic E-state index is 0.114. The number of carbonyl (C=O) groups is 1. The fourth-order valence-electron chi connectivity index (χ4n) is 2.63. The van der Waals surface area contributed by atoms with E-state index in [1.807, 2.05) is 26.0 Å². The summed E-state index contributed by atoms with van der Waals surface area (Å²) in [6.45, 7) is 8.10. The molecular weight excluding hydrogens is 314 g/mol. The van der Waals surface area contributed by atoms with Gasteiger partial charge < -0.3 is 4.42 Å². The number of aromatic nitrogens is 2. The zero-order valence-corrected chi connectivity index (χ0v) is 14.9. The van der Waals surface area contributed by atoms with Gasteiger partial charge in [-0.3, -0.25) is 10.1 Å². The zero-order valence-electron chi connectivity index (χ0n) is 14.9. The van der Waals surface area contributed by atoms with E-state index in [0.717, 1.165) is 16.7 Å². The Hall–Kier alpha value is -2.95. The molecule has 25 heavy (non-hydrogen) atoms. The van der Waals surface area contributed by atoms with Gasteiger partial charge in [0.1, 0.15) is 0 Å². The summed E-state index contributed by atoms with van der Waals surface area (Å²) in [6.07, 6.45) is 0.540. The summed E-state index contributed by atoms with van der Waals surface area (Å²) in [6, 6.07) is 11.9. The van der Waals surface area contributed by atoms with Crippen LogP contribution >= 0.6 is 0 Å². The fourth-order valence-corrected chi connectivity index (χ4v) is 2.63. The lowest BCUT2D eigenvalue weighted by atomic mass is 10.0. The first-order valence-corrected chi connectivity index (χ1v) is 8.19. The highest BCUT2D eigenvalue weighted by Crippen LogP contribution is 2.17. The second-order valence-corrected chi connectivity index (χ2v) is 6.36. The molecule has 0 saturated carbocycles. The predicted octanol–water partition coefficient (Wildman–Crippen LogP) is 4.15. The third kappa shape index (κ3) is 3.94. The van der Waals surface area contributed by atoms with Crippen molar-refractivity contribution in [1.82, 2.24) is 10.2 Å². The van der Waals surface area contributed by atoms with Crippen LogP contribution in [-0.4, -0.2) is 16.1 Å². The Morgan fingerprint density at radius 3 is 2.48 bits per heavy atom. The van der Waals surface area contributed by atoms with Crippen molar-refractivity contribution >= 4 is 11.9 Å². The molecule has 0 bridgehead atoms. The summed E-state index contributed by atoms with van der Waals surface area (Å²) < 4.78 is 5.56. The van der Waals surface area contributed by atoms with Crippen LogP contribution in [0.4, 0.5) is 6.01 Å². The molecule has 5 nitrogen and oxygen atoms in total. The molecule has 0 saturated heterocycles. The van der Waals surface area contributed by atoms with E-state index in [9.17, 15) is 4.79 Å². The van der Waals surface area contributed by atoms with Crippen LogP contribution in [0.25, 0.3) is 0 Å². The van der Waals surface area contributed by atoms with Gasteiger partial charge >= 0.3 is 6.01 Å². The first kappa shape index (κ1) is 16.9. The maximum Gasteiger partial charge on any atom is 0.322 e. The summed E-state index contributed by atoms with van der Waals surface area (Å²) >= 11 is 0. The number of carbonyl (C=O) groups excluding carboxylic acids is 1. The number of nitrogens with zero attached hydrogens (tertiary/aromatic N) is 2. The molecule has 1 aromatic heterocycles. The number of aryl methyl sites for hydroxylation is 4. The fraction of sp³-hybridized carbons (Fsp3) is 0.250. The Morgan fingerprint density at radius 2 is 1.76 bits per heavy atom. The maximum atomic E-state index is 12.3. The highest BCUT2D eigenvalue weighted by Gasteiger charge is 2.13. The minimum Gasteiger partial charge on any atom is -0.407 e. The van der Waals surface area contributed by atoms with Gasteiger partial charge in [0, 0.05) is 5.56 Å². The normalized spacial score (nSPS) is 10.7. The Balaban J connectivity index is 1.70. The maximum absolute atomic E-state index is 12.3. The molecule has 0 aliphatic heterocycles. The molecule has 0 aliphatic carbocycles. The number of benzene rings is 2. The second kappa shape index (κ2) is 6.89. The number of nitrogens with one attached hydrogen (secondary N) is 1. The van der Waals surface area contributed by atoms with Crippen LogP contribution in [0.1, 0.15) is 44.1 Å². The van der Waals surface area contributed by atoms with Crippen molar-refractivity contribution < 1.29 is 9.21 Å². The average Bonchev–Trinajstić information content (AvgIpc) is 3.00. The molecule has 0 fully saturated rings. The van der Waals surface area contributed by atoms with Crippen LogP contribution in [0.15, 0.2) is 40.8 Å². The average molecular weight is 335 g/mol. The molecule has 3 aromatic rings. The van der Waals surface area contributed by atoms with Crippen molar-refractivity contribution in [1.29, 1.82) is 0 Å². The Labute approximate surface area is 147 Å². The molecule has 0 spiro atoms. The van der Waals surface area contributed by atoms with Crippen LogP contribution in [0.5, 0.6) is 0 Å². The predicted molar refractivity (Wildman–Crippen MR) is 96.9 cm³/mol. The van der Waals surface area contributed by atoms with Crippen LogP contribution in [0.2, 0.25) is 0 Å². The smallest absolute Gasteiger partial charge is 0.322 e. The van der Waals surface area contributed by atoms with Gasteiger partial charge in [-0.25, -0.2) is 0 Å². The van der Waals surface area contributed by atoms with Crippen LogP contribution < -0.4 is 5.32 Å². The quantitative estimate of drug-likeness (QED) is 0.778. The lowest BCUT2D eigenvalue weighted by molar-refractivity contribution is 0.102. The summed E-state index contributed by atoms with van der Waals surface area (Å²) in [7, 11) is 0. The van der Waals surface area contributed by atoms with Crippen molar-refractivity contribution in [3.05, 3.63) is 75.7 Å². The van der Waals surface area contributed by atoms with E-state index in [4.69, 9.17) is 4.42 Å². The molecule has 5 heteroatoms. The minimum atomic E-state index is -0.259. The highest BCUT2D eigenvalue weighted by atomic mass is 16.4. The molecule has 0 atom stereocenters. The van der Waals surface area contributed by atoms with Crippen molar-refractivity contribution in [2.45, 2.75) is 34.1 Å². The Kier molecular flexibility index (Phi) is 4.65. The molecule has 1 N–H and O–H groups in total. The molecule has 3 rings (SSSR count). The van der Waals surface area contributed by atoms with Gasteiger partial charge in [-0.05, 0) is 62.1 Å². The van der Waals surface area contributed by atoms with Gasteiger partial charge in [-0.2, -0.15) is 0 Å². The summed E-state index contributed by atoms with van der Waals surface area (Å²) in [5, 5.41) is 10.6. The van der Waals surface area contributed by atoms with Gasteiger partial charge in [0.2, 0.25) is 5.89 Å². The molecule has 1 amide bonds. The zero-order chi connectivity index (χ0) is 18.0. The molecule has 128 valence electrons. The number of hydrogen-bond acceptors (Lipinski definition) is 4. The van der Waals surface area contributed by atoms with E-state index in [1.54, 1.807) is 6.07 Å². The standard InChI is InChI=1S/C20H21N3O2/c1-12-5-7-16(15(4)9-12)11-18-22-23-20(25-18)21-19(24)17-8-6-13(2)14(3)10-17/h5-10H,11H2,1-4H3,(H,21,23,24). The largest absolute Gasteiger partial charge is 0.407 e. The molecule has 0 unspecified atom stereocenters. The number of anilines is 1. The first-order valence-electron chi connectivity index (χ1n) is 8.19. The van der Waals surface area contributed by atoms with Gasteiger partial charge in [-0.1, -0.05) is 34.9 Å². The van der Waals surface area contributed by atoms with Crippen LogP contribution in [-0.2, 0) is 6.42 Å². The van der Waals surface area contributed by atoms with Gasteiger partial charge in [0.05, 0.1) is 6.42 Å². The van der Waals surface area contributed by atoms with Crippen LogP contribution in [0, 0.1) is 27.7 Å². The third-order valence-electron chi connectivity index (χ3n) is 4.30. The number of hydrogen-bond donors (Lipinski definition) is 1.